The largest absolute Gasteiger partial charge is 0.489 e. The van der Waals surface area contributed by atoms with Gasteiger partial charge in [0.25, 0.3) is 0 Å². The van der Waals surface area contributed by atoms with Crippen molar-refractivity contribution in [2.75, 3.05) is 32.9 Å². The number of para-hydroxylation sites is 1. The number of hydrogen-bond donors (Lipinski definition) is 3. The highest BCUT2D eigenvalue weighted by Gasteiger charge is 2.06. The van der Waals surface area contributed by atoms with Gasteiger partial charge in [-0.3, -0.25) is 4.79 Å². The highest BCUT2D eigenvalue weighted by atomic mass is 35.5. The molecule has 112 valence electrons. The number of carbonyl (C=O) groups is 1. The molecule has 20 heavy (non-hydrogen) atoms. The Kier molecular flexibility index (Phi) is 7.98. The van der Waals surface area contributed by atoms with Crippen molar-refractivity contribution in [2.45, 2.75) is 6.10 Å². The quantitative estimate of drug-likeness (QED) is 0.536. The lowest BCUT2D eigenvalue weighted by atomic mass is 10.3. The van der Waals surface area contributed by atoms with Gasteiger partial charge in [-0.1, -0.05) is 23.7 Å². The van der Waals surface area contributed by atoms with E-state index in [4.69, 9.17) is 26.8 Å². The third-order valence-corrected chi connectivity index (χ3v) is 2.63. The van der Waals surface area contributed by atoms with E-state index in [9.17, 15) is 9.90 Å². The van der Waals surface area contributed by atoms with Crippen LogP contribution >= 0.6 is 11.6 Å². The Hall–Kier alpha value is -1.34. The molecule has 0 saturated heterocycles. The molecule has 6 nitrogen and oxygen atoms in total. The first kappa shape index (κ1) is 16.7. The van der Waals surface area contributed by atoms with Gasteiger partial charge in [0.15, 0.2) is 0 Å². The van der Waals surface area contributed by atoms with Crippen LogP contribution in [0, 0.1) is 0 Å². The number of carbonyl (C=O) groups excluding carboxylic acids is 1. The molecule has 0 aliphatic rings. The van der Waals surface area contributed by atoms with Crippen LogP contribution in [-0.2, 0) is 9.53 Å². The van der Waals surface area contributed by atoms with E-state index < -0.39 is 12.0 Å². The maximum atomic E-state index is 10.4. The van der Waals surface area contributed by atoms with Crippen molar-refractivity contribution in [3.8, 4) is 5.75 Å². The van der Waals surface area contributed by atoms with Crippen LogP contribution in [0.1, 0.15) is 0 Å². The predicted molar refractivity (Wildman–Crippen MR) is 75.8 cm³/mol. The van der Waals surface area contributed by atoms with Crippen molar-refractivity contribution >= 4 is 17.5 Å². The highest BCUT2D eigenvalue weighted by molar-refractivity contribution is 6.32. The van der Waals surface area contributed by atoms with Crippen LogP contribution in [0.5, 0.6) is 5.75 Å². The maximum Gasteiger partial charge on any atom is 0.243 e. The van der Waals surface area contributed by atoms with E-state index in [0.717, 1.165) is 0 Å². The fraction of sp³-hybridized carbons (Fsp3) is 0.462. The zero-order valence-electron chi connectivity index (χ0n) is 11.0. The number of hydrogen-bond acceptors (Lipinski definition) is 5. The van der Waals surface area contributed by atoms with Crippen molar-refractivity contribution < 1.29 is 19.4 Å². The average Bonchev–Trinajstić information content (AvgIpc) is 2.41. The van der Waals surface area contributed by atoms with Crippen molar-refractivity contribution in [1.29, 1.82) is 0 Å². The minimum absolute atomic E-state index is 0.0974. The molecule has 1 amide bonds. The molecule has 0 radical (unpaired) electrons. The summed E-state index contributed by atoms with van der Waals surface area (Å²) < 4.78 is 10.3. The van der Waals surface area contributed by atoms with E-state index in [0.29, 0.717) is 30.5 Å². The first-order valence-corrected chi connectivity index (χ1v) is 6.59. The van der Waals surface area contributed by atoms with Crippen LogP contribution in [0.25, 0.3) is 0 Å². The van der Waals surface area contributed by atoms with Crippen LogP contribution < -0.4 is 15.8 Å². The summed E-state index contributed by atoms with van der Waals surface area (Å²) >= 11 is 5.92. The molecule has 1 atom stereocenters. The number of halogens is 1. The summed E-state index contributed by atoms with van der Waals surface area (Å²) in [7, 11) is 0. The first-order chi connectivity index (χ1) is 9.59. The number of nitrogens with one attached hydrogen (secondary N) is 1. The first-order valence-electron chi connectivity index (χ1n) is 6.21. The molecule has 7 heteroatoms. The summed E-state index contributed by atoms with van der Waals surface area (Å²) in [6, 6.07) is 7.07. The molecule has 0 aliphatic carbocycles. The fourth-order valence-electron chi connectivity index (χ4n) is 1.39. The van der Waals surface area contributed by atoms with Gasteiger partial charge >= 0.3 is 0 Å². The molecule has 0 spiro atoms. The van der Waals surface area contributed by atoms with Crippen LogP contribution in [0.4, 0.5) is 0 Å². The monoisotopic (exact) mass is 302 g/mol. The van der Waals surface area contributed by atoms with Crippen LogP contribution in [0.15, 0.2) is 24.3 Å². The molecule has 0 bridgehead atoms. The van der Waals surface area contributed by atoms with Crippen LogP contribution in [0.3, 0.4) is 0 Å². The van der Waals surface area contributed by atoms with Gasteiger partial charge in [0.2, 0.25) is 5.91 Å². The summed E-state index contributed by atoms with van der Waals surface area (Å²) in [5.74, 6) is 0.0381. The van der Waals surface area contributed by atoms with E-state index >= 15 is 0 Å². The lowest BCUT2D eigenvalue weighted by molar-refractivity contribution is -0.122. The molecule has 1 aromatic rings. The second-order valence-corrected chi connectivity index (χ2v) is 4.53. The van der Waals surface area contributed by atoms with E-state index in [-0.39, 0.29) is 13.2 Å². The minimum Gasteiger partial charge on any atom is -0.489 e. The second-order valence-electron chi connectivity index (χ2n) is 4.12. The zero-order valence-corrected chi connectivity index (χ0v) is 11.8. The normalized spacial score (nSPS) is 12.1. The summed E-state index contributed by atoms with van der Waals surface area (Å²) in [5.41, 5.74) is 4.91. The van der Waals surface area contributed by atoms with Gasteiger partial charge in [0, 0.05) is 13.1 Å². The zero-order chi connectivity index (χ0) is 14.8. The number of rotatable bonds is 10. The van der Waals surface area contributed by atoms with E-state index in [1.807, 2.05) is 6.07 Å². The average molecular weight is 303 g/mol. The molecule has 1 aromatic carbocycles. The topological polar surface area (TPSA) is 93.8 Å². The summed E-state index contributed by atoms with van der Waals surface area (Å²) in [5, 5.41) is 13.2. The Morgan fingerprint density at radius 1 is 1.45 bits per heavy atom. The third-order valence-electron chi connectivity index (χ3n) is 2.32. The summed E-state index contributed by atoms with van der Waals surface area (Å²) in [6.07, 6.45) is -0.664. The fourth-order valence-corrected chi connectivity index (χ4v) is 1.58. The summed E-state index contributed by atoms with van der Waals surface area (Å²) in [6.45, 7) is 1.25. The SMILES string of the molecule is NC(=O)COCCNCC(O)COc1ccccc1Cl. The van der Waals surface area contributed by atoms with Crippen LogP contribution in [-0.4, -0.2) is 50.0 Å². The number of nitrogens with two attached hydrogens (primary N) is 1. The van der Waals surface area contributed by atoms with Gasteiger partial charge in [0.1, 0.15) is 25.1 Å². The molecule has 1 unspecified atom stereocenters. The van der Waals surface area contributed by atoms with E-state index in [2.05, 4.69) is 5.32 Å². The van der Waals surface area contributed by atoms with Crippen molar-refractivity contribution in [2.24, 2.45) is 5.73 Å². The number of benzene rings is 1. The van der Waals surface area contributed by atoms with Gasteiger partial charge in [-0.05, 0) is 12.1 Å². The van der Waals surface area contributed by atoms with Crippen molar-refractivity contribution in [3.05, 3.63) is 29.3 Å². The lowest BCUT2D eigenvalue weighted by Gasteiger charge is -2.14. The number of ether oxygens (including phenoxy) is 2. The molecule has 4 N–H and O–H groups in total. The lowest BCUT2D eigenvalue weighted by Crippen LogP contribution is -2.33. The molecule has 0 fully saturated rings. The number of amides is 1. The van der Waals surface area contributed by atoms with Crippen molar-refractivity contribution in [3.63, 3.8) is 0 Å². The second kappa shape index (κ2) is 9.55. The van der Waals surface area contributed by atoms with Gasteiger partial charge in [-0.15, -0.1) is 0 Å². The molecule has 0 aliphatic heterocycles. The van der Waals surface area contributed by atoms with Crippen molar-refractivity contribution in [1.82, 2.24) is 5.32 Å². The molecule has 0 aromatic heterocycles. The van der Waals surface area contributed by atoms with Gasteiger partial charge in [-0.25, -0.2) is 0 Å². The van der Waals surface area contributed by atoms with Gasteiger partial charge < -0.3 is 25.6 Å². The Balaban J connectivity index is 2.07. The van der Waals surface area contributed by atoms with Crippen LogP contribution in [0.2, 0.25) is 5.02 Å². The molecule has 0 heterocycles. The van der Waals surface area contributed by atoms with Gasteiger partial charge in [0.05, 0.1) is 11.6 Å². The number of aliphatic hydroxyl groups excluding tert-OH is 1. The standard InChI is InChI=1S/C13H19ClN2O4/c14-11-3-1-2-4-12(11)20-8-10(17)7-16-5-6-19-9-13(15)18/h1-4,10,16-17H,5-9H2,(H2,15,18). The Bertz CT molecular complexity index is 417. The third kappa shape index (κ3) is 7.30. The minimum atomic E-state index is -0.664. The number of primary amides is 1. The van der Waals surface area contributed by atoms with E-state index in [1.165, 1.54) is 0 Å². The maximum absolute atomic E-state index is 10.4. The molecular formula is C13H19ClN2O4. The Morgan fingerprint density at radius 2 is 2.20 bits per heavy atom. The van der Waals surface area contributed by atoms with Gasteiger partial charge in [-0.2, -0.15) is 0 Å². The van der Waals surface area contributed by atoms with E-state index in [1.54, 1.807) is 18.2 Å². The Labute approximate surface area is 122 Å². The number of aliphatic hydroxyl groups is 1. The highest BCUT2D eigenvalue weighted by Crippen LogP contribution is 2.22. The molecule has 1 rings (SSSR count). The smallest absolute Gasteiger partial charge is 0.243 e. The molecule has 0 saturated carbocycles. The predicted octanol–water partition coefficient (Wildman–Crippen LogP) is 0.171. The molecular weight excluding hydrogens is 284 g/mol. The Morgan fingerprint density at radius 3 is 2.90 bits per heavy atom. The summed E-state index contributed by atoms with van der Waals surface area (Å²) in [4.78, 5) is 10.4.